The van der Waals surface area contributed by atoms with Crippen LogP contribution in [0, 0.1) is 17.8 Å². The predicted octanol–water partition coefficient (Wildman–Crippen LogP) is 0.459. The number of rotatable bonds is 6. The smallest absolute Gasteiger partial charge is 0.303 e. The van der Waals surface area contributed by atoms with Gasteiger partial charge in [-0.1, -0.05) is 20.3 Å². The predicted molar refractivity (Wildman–Crippen MR) is 64.6 cm³/mol. The molecular weight excluding hydrogens is 220 g/mol. The van der Waals surface area contributed by atoms with Crippen LogP contribution in [0.5, 0.6) is 0 Å². The number of carbonyl (C=O) groups is 2. The number of hydrogen-bond donors (Lipinski definition) is 3. The van der Waals surface area contributed by atoms with Gasteiger partial charge < -0.3 is 15.7 Å². The normalized spacial score (nSPS) is 25.5. The zero-order valence-electron chi connectivity index (χ0n) is 10.5. The molecule has 0 aliphatic carbocycles. The summed E-state index contributed by atoms with van der Waals surface area (Å²) >= 11 is 0. The van der Waals surface area contributed by atoms with Crippen LogP contribution in [0.25, 0.3) is 0 Å². The van der Waals surface area contributed by atoms with Crippen LogP contribution in [0.15, 0.2) is 0 Å². The molecule has 5 heteroatoms. The van der Waals surface area contributed by atoms with Gasteiger partial charge in [-0.05, 0) is 18.4 Å². The fraction of sp³-hybridized carbons (Fsp3) is 0.833. The fourth-order valence-electron chi connectivity index (χ4n) is 2.14. The molecule has 1 aliphatic heterocycles. The molecule has 0 aromatic rings. The molecule has 0 saturated carbocycles. The Balaban J connectivity index is 2.33. The molecule has 1 fully saturated rings. The minimum Gasteiger partial charge on any atom is -0.481 e. The first-order valence-corrected chi connectivity index (χ1v) is 6.24. The summed E-state index contributed by atoms with van der Waals surface area (Å²) in [5, 5.41) is 14.8. The first-order valence-electron chi connectivity index (χ1n) is 6.24. The highest BCUT2D eigenvalue weighted by atomic mass is 16.4. The largest absolute Gasteiger partial charge is 0.481 e. The highest BCUT2D eigenvalue weighted by Gasteiger charge is 2.29. The molecule has 0 radical (unpaired) electrons. The second-order valence-corrected chi connectivity index (χ2v) is 4.86. The average Bonchev–Trinajstić information content (AvgIpc) is 2.69. The quantitative estimate of drug-likeness (QED) is 0.632. The maximum atomic E-state index is 11.9. The molecule has 98 valence electrons. The lowest BCUT2D eigenvalue weighted by Crippen LogP contribution is -2.37. The summed E-state index contributed by atoms with van der Waals surface area (Å²) in [5.74, 6) is -0.346. The van der Waals surface area contributed by atoms with Gasteiger partial charge in [-0.2, -0.15) is 0 Å². The van der Waals surface area contributed by atoms with Crippen LogP contribution < -0.4 is 10.6 Å². The monoisotopic (exact) mass is 242 g/mol. The second-order valence-electron chi connectivity index (χ2n) is 4.86. The third-order valence-electron chi connectivity index (χ3n) is 3.46. The SMILES string of the molecule is CCC(CNC(=O)[C@@H]1CNC[C@H]1C)CC(=O)O. The lowest BCUT2D eigenvalue weighted by molar-refractivity contribution is -0.138. The number of carbonyl (C=O) groups excluding carboxylic acids is 1. The van der Waals surface area contributed by atoms with Crippen molar-refractivity contribution in [2.75, 3.05) is 19.6 Å². The number of hydrogen-bond acceptors (Lipinski definition) is 3. The van der Waals surface area contributed by atoms with Gasteiger partial charge in [0.1, 0.15) is 0 Å². The molecule has 0 bridgehead atoms. The Kier molecular flexibility index (Phi) is 5.41. The van der Waals surface area contributed by atoms with Crippen LogP contribution in [-0.2, 0) is 9.59 Å². The van der Waals surface area contributed by atoms with Crippen molar-refractivity contribution >= 4 is 11.9 Å². The molecule has 17 heavy (non-hydrogen) atoms. The zero-order valence-corrected chi connectivity index (χ0v) is 10.5. The molecule has 1 aliphatic rings. The molecule has 0 aromatic carbocycles. The number of nitrogens with one attached hydrogen (secondary N) is 2. The molecule has 0 spiro atoms. The summed E-state index contributed by atoms with van der Waals surface area (Å²) in [6, 6.07) is 0. The molecule has 0 aromatic heterocycles. The van der Waals surface area contributed by atoms with E-state index in [1.165, 1.54) is 0 Å². The van der Waals surface area contributed by atoms with Crippen LogP contribution in [0.3, 0.4) is 0 Å². The molecule has 1 unspecified atom stereocenters. The van der Waals surface area contributed by atoms with Gasteiger partial charge in [0.15, 0.2) is 0 Å². The molecular formula is C12H22N2O3. The summed E-state index contributed by atoms with van der Waals surface area (Å²) < 4.78 is 0. The standard InChI is InChI=1S/C12H22N2O3/c1-3-9(4-11(15)16)6-14-12(17)10-7-13-5-8(10)2/h8-10,13H,3-7H2,1-2H3,(H,14,17)(H,15,16)/t8-,9?,10-/m1/s1. The Morgan fingerprint density at radius 3 is 2.65 bits per heavy atom. The summed E-state index contributed by atoms with van der Waals surface area (Å²) in [4.78, 5) is 22.5. The van der Waals surface area contributed by atoms with E-state index in [2.05, 4.69) is 17.6 Å². The van der Waals surface area contributed by atoms with Gasteiger partial charge in [-0.15, -0.1) is 0 Å². The van der Waals surface area contributed by atoms with E-state index in [-0.39, 0.29) is 24.2 Å². The summed E-state index contributed by atoms with van der Waals surface area (Å²) in [7, 11) is 0. The number of carboxylic acids is 1. The Morgan fingerprint density at radius 1 is 1.47 bits per heavy atom. The van der Waals surface area contributed by atoms with Gasteiger partial charge in [0, 0.05) is 19.5 Å². The van der Waals surface area contributed by atoms with Crippen molar-refractivity contribution in [3.63, 3.8) is 0 Å². The van der Waals surface area contributed by atoms with Crippen molar-refractivity contribution in [3.8, 4) is 0 Å². The van der Waals surface area contributed by atoms with Crippen LogP contribution in [0.1, 0.15) is 26.7 Å². The number of carboxylic acid groups (broad SMARTS) is 1. The maximum absolute atomic E-state index is 11.9. The molecule has 3 atom stereocenters. The molecule has 1 amide bonds. The van der Waals surface area contributed by atoms with Crippen LogP contribution in [0.2, 0.25) is 0 Å². The van der Waals surface area contributed by atoms with Crippen molar-refractivity contribution < 1.29 is 14.7 Å². The number of aliphatic carboxylic acids is 1. The highest BCUT2D eigenvalue weighted by molar-refractivity contribution is 5.79. The van der Waals surface area contributed by atoms with Crippen molar-refractivity contribution in [2.45, 2.75) is 26.7 Å². The number of amides is 1. The van der Waals surface area contributed by atoms with E-state index >= 15 is 0 Å². The lowest BCUT2D eigenvalue weighted by atomic mass is 9.96. The van der Waals surface area contributed by atoms with E-state index in [1.807, 2.05) is 6.92 Å². The second kappa shape index (κ2) is 6.59. The van der Waals surface area contributed by atoms with Crippen molar-refractivity contribution in [1.82, 2.24) is 10.6 Å². The third-order valence-corrected chi connectivity index (χ3v) is 3.46. The van der Waals surface area contributed by atoms with Gasteiger partial charge in [0.05, 0.1) is 5.92 Å². The van der Waals surface area contributed by atoms with Crippen molar-refractivity contribution in [3.05, 3.63) is 0 Å². The van der Waals surface area contributed by atoms with Crippen molar-refractivity contribution in [1.29, 1.82) is 0 Å². The Labute approximate surface area is 102 Å². The van der Waals surface area contributed by atoms with E-state index in [0.29, 0.717) is 12.5 Å². The van der Waals surface area contributed by atoms with Gasteiger partial charge in [-0.3, -0.25) is 9.59 Å². The first-order chi connectivity index (χ1) is 8.04. The fourth-order valence-corrected chi connectivity index (χ4v) is 2.14. The molecule has 1 heterocycles. The summed E-state index contributed by atoms with van der Waals surface area (Å²) in [5.41, 5.74) is 0. The van der Waals surface area contributed by atoms with Crippen LogP contribution in [0.4, 0.5) is 0 Å². The van der Waals surface area contributed by atoms with Gasteiger partial charge in [0.2, 0.25) is 5.91 Å². The Morgan fingerprint density at radius 2 is 2.18 bits per heavy atom. The molecule has 3 N–H and O–H groups in total. The lowest BCUT2D eigenvalue weighted by Gasteiger charge is -2.17. The first kappa shape index (κ1) is 14.0. The third kappa shape index (κ3) is 4.34. The Hall–Kier alpha value is -1.10. The topological polar surface area (TPSA) is 78.4 Å². The van der Waals surface area contributed by atoms with Gasteiger partial charge >= 0.3 is 5.97 Å². The van der Waals surface area contributed by atoms with E-state index in [1.54, 1.807) is 0 Å². The van der Waals surface area contributed by atoms with E-state index in [9.17, 15) is 9.59 Å². The zero-order chi connectivity index (χ0) is 12.8. The molecule has 5 nitrogen and oxygen atoms in total. The summed E-state index contributed by atoms with van der Waals surface area (Å²) in [6.07, 6.45) is 0.889. The van der Waals surface area contributed by atoms with Gasteiger partial charge in [-0.25, -0.2) is 0 Å². The minimum absolute atomic E-state index is 0.0253. The van der Waals surface area contributed by atoms with Crippen molar-refractivity contribution in [2.24, 2.45) is 17.8 Å². The van der Waals surface area contributed by atoms with E-state index in [0.717, 1.165) is 19.5 Å². The van der Waals surface area contributed by atoms with Crippen LogP contribution in [-0.4, -0.2) is 36.6 Å². The van der Waals surface area contributed by atoms with Crippen LogP contribution >= 0.6 is 0 Å². The van der Waals surface area contributed by atoms with Gasteiger partial charge in [0.25, 0.3) is 0 Å². The van der Waals surface area contributed by atoms with E-state index in [4.69, 9.17) is 5.11 Å². The average molecular weight is 242 g/mol. The molecule has 1 rings (SSSR count). The summed E-state index contributed by atoms with van der Waals surface area (Å²) in [6.45, 7) is 6.07. The molecule has 1 saturated heterocycles. The maximum Gasteiger partial charge on any atom is 0.303 e. The highest BCUT2D eigenvalue weighted by Crippen LogP contribution is 2.16. The minimum atomic E-state index is -0.804. The Bertz CT molecular complexity index is 281. The van der Waals surface area contributed by atoms with E-state index < -0.39 is 5.97 Å².